The number of likely N-dealkylation sites (N-methyl/N-ethyl adjacent to an activating group) is 1. The molecule has 0 bridgehead atoms. The summed E-state index contributed by atoms with van der Waals surface area (Å²) in [4.78, 5) is 2.20. The van der Waals surface area contributed by atoms with Gasteiger partial charge in [0.1, 0.15) is 0 Å². The summed E-state index contributed by atoms with van der Waals surface area (Å²) in [5, 5.41) is 3.45. The van der Waals surface area contributed by atoms with E-state index >= 15 is 0 Å². The van der Waals surface area contributed by atoms with Gasteiger partial charge in [-0.05, 0) is 34.0 Å². The van der Waals surface area contributed by atoms with Crippen LogP contribution in [0.3, 0.4) is 0 Å². The molecule has 0 aliphatic rings. The van der Waals surface area contributed by atoms with Crippen LogP contribution in [0.1, 0.15) is 19.4 Å². The molecule has 0 aromatic heterocycles. The molecular formula is C15H26N2O2. The molecule has 4 nitrogen and oxygen atoms in total. The van der Waals surface area contributed by atoms with Crippen molar-refractivity contribution >= 4 is 0 Å². The number of nitrogens with zero attached hydrogens (tertiary/aromatic N) is 1. The summed E-state index contributed by atoms with van der Waals surface area (Å²) >= 11 is 0. The summed E-state index contributed by atoms with van der Waals surface area (Å²) in [5.41, 5.74) is 1.12. The summed E-state index contributed by atoms with van der Waals surface area (Å²) in [6.07, 6.45) is 0. The van der Waals surface area contributed by atoms with Crippen LogP contribution in [0.25, 0.3) is 0 Å². The maximum Gasteiger partial charge on any atom is 0.165 e. The highest BCUT2D eigenvalue weighted by atomic mass is 16.5. The number of rotatable bonds is 8. The van der Waals surface area contributed by atoms with Gasteiger partial charge in [-0.2, -0.15) is 0 Å². The molecule has 0 aliphatic carbocycles. The second-order valence-electron chi connectivity index (χ2n) is 4.83. The van der Waals surface area contributed by atoms with Gasteiger partial charge in [-0.25, -0.2) is 0 Å². The molecule has 0 amide bonds. The SMILES string of the molecule is CCOc1cccc(CNCC(C)N(C)C)c1OC. The van der Waals surface area contributed by atoms with E-state index in [0.717, 1.165) is 30.2 Å². The Morgan fingerprint density at radius 3 is 2.63 bits per heavy atom. The summed E-state index contributed by atoms with van der Waals surface area (Å²) in [6, 6.07) is 6.50. The van der Waals surface area contributed by atoms with Crippen LogP contribution in [0.2, 0.25) is 0 Å². The van der Waals surface area contributed by atoms with E-state index in [1.807, 2.05) is 19.1 Å². The quantitative estimate of drug-likeness (QED) is 0.781. The fourth-order valence-corrected chi connectivity index (χ4v) is 1.80. The van der Waals surface area contributed by atoms with E-state index in [-0.39, 0.29) is 0 Å². The molecule has 0 aliphatic heterocycles. The van der Waals surface area contributed by atoms with Crippen molar-refractivity contribution in [2.45, 2.75) is 26.4 Å². The highest BCUT2D eigenvalue weighted by Gasteiger charge is 2.10. The van der Waals surface area contributed by atoms with Crippen molar-refractivity contribution in [3.05, 3.63) is 23.8 Å². The van der Waals surface area contributed by atoms with Crippen LogP contribution in [-0.4, -0.2) is 45.3 Å². The summed E-state index contributed by atoms with van der Waals surface area (Å²) in [7, 11) is 5.86. The number of nitrogens with one attached hydrogen (secondary N) is 1. The summed E-state index contributed by atoms with van der Waals surface area (Å²) < 4.78 is 11.0. The Kier molecular flexibility index (Phi) is 6.67. The lowest BCUT2D eigenvalue weighted by Gasteiger charge is -2.20. The van der Waals surface area contributed by atoms with Crippen molar-refractivity contribution in [3.63, 3.8) is 0 Å². The van der Waals surface area contributed by atoms with Gasteiger partial charge in [0.15, 0.2) is 11.5 Å². The average molecular weight is 266 g/mol. The van der Waals surface area contributed by atoms with Gasteiger partial charge in [-0.1, -0.05) is 12.1 Å². The van der Waals surface area contributed by atoms with Crippen LogP contribution in [0.15, 0.2) is 18.2 Å². The number of ether oxygens (including phenoxy) is 2. The molecule has 0 spiro atoms. The smallest absolute Gasteiger partial charge is 0.165 e. The van der Waals surface area contributed by atoms with Crippen molar-refractivity contribution in [1.29, 1.82) is 0 Å². The van der Waals surface area contributed by atoms with Crippen LogP contribution in [0, 0.1) is 0 Å². The fourth-order valence-electron chi connectivity index (χ4n) is 1.80. The molecule has 1 rings (SSSR count). The minimum absolute atomic E-state index is 0.501. The van der Waals surface area contributed by atoms with Crippen molar-refractivity contribution in [2.24, 2.45) is 0 Å². The van der Waals surface area contributed by atoms with E-state index in [2.05, 4.69) is 37.3 Å². The highest BCUT2D eigenvalue weighted by Crippen LogP contribution is 2.30. The third kappa shape index (κ3) is 4.73. The topological polar surface area (TPSA) is 33.7 Å². The fraction of sp³-hybridized carbons (Fsp3) is 0.600. The normalized spacial score (nSPS) is 12.5. The van der Waals surface area contributed by atoms with Crippen molar-refractivity contribution < 1.29 is 9.47 Å². The first-order chi connectivity index (χ1) is 9.10. The predicted octanol–water partition coefficient (Wildman–Crippen LogP) is 2.13. The molecule has 4 heteroatoms. The Balaban J connectivity index is 2.65. The van der Waals surface area contributed by atoms with E-state index in [4.69, 9.17) is 9.47 Å². The van der Waals surface area contributed by atoms with Gasteiger partial charge in [-0.15, -0.1) is 0 Å². The van der Waals surface area contributed by atoms with Gasteiger partial charge in [0.2, 0.25) is 0 Å². The Labute approximate surface area is 116 Å². The molecule has 108 valence electrons. The second kappa shape index (κ2) is 8.02. The lowest BCUT2D eigenvalue weighted by atomic mass is 10.1. The van der Waals surface area contributed by atoms with E-state index < -0.39 is 0 Å². The first-order valence-corrected chi connectivity index (χ1v) is 6.76. The number of hydrogen-bond acceptors (Lipinski definition) is 4. The maximum absolute atomic E-state index is 5.57. The molecule has 1 aromatic carbocycles. The predicted molar refractivity (Wildman–Crippen MR) is 79.0 cm³/mol. The zero-order valence-corrected chi connectivity index (χ0v) is 12.7. The molecule has 19 heavy (non-hydrogen) atoms. The van der Waals surface area contributed by atoms with Crippen LogP contribution in [-0.2, 0) is 6.54 Å². The molecule has 1 aromatic rings. The molecule has 0 heterocycles. The summed E-state index contributed by atoms with van der Waals surface area (Å²) in [6.45, 7) is 6.53. The van der Waals surface area contributed by atoms with E-state index in [1.165, 1.54) is 0 Å². The van der Waals surface area contributed by atoms with E-state index in [0.29, 0.717) is 12.6 Å². The monoisotopic (exact) mass is 266 g/mol. The Bertz CT molecular complexity index is 380. The first-order valence-electron chi connectivity index (χ1n) is 6.76. The lowest BCUT2D eigenvalue weighted by Crippen LogP contribution is -2.35. The average Bonchev–Trinajstić information content (AvgIpc) is 2.39. The maximum atomic E-state index is 5.57. The zero-order valence-electron chi connectivity index (χ0n) is 12.7. The molecule has 0 saturated heterocycles. The lowest BCUT2D eigenvalue weighted by molar-refractivity contribution is 0.298. The standard InChI is InChI=1S/C15H26N2O2/c1-6-19-14-9-7-8-13(15(14)18-5)11-16-10-12(2)17(3)4/h7-9,12,16H,6,10-11H2,1-5H3. The van der Waals surface area contributed by atoms with Gasteiger partial charge in [0, 0.05) is 24.7 Å². The molecule has 0 saturated carbocycles. The van der Waals surface area contributed by atoms with Crippen LogP contribution >= 0.6 is 0 Å². The number of hydrogen-bond donors (Lipinski definition) is 1. The molecule has 1 atom stereocenters. The third-order valence-corrected chi connectivity index (χ3v) is 3.20. The van der Waals surface area contributed by atoms with Gasteiger partial charge >= 0.3 is 0 Å². The van der Waals surface area contributed by atoms with Crippen molar-refractivity contribution in [1.82, 2.24) is 10.2 Å². The van der Waals surface area contributed by atoms with Crippen LogP contribution in [0.4, 0.5) is 0 Å². The molecule has 1 N–H and O–H groups in total. The summed E-state index contributed by atoms with van der Waals surface area (Å²) in [5.74, 6) is 1.64. The molecule has 0 radical (unpaired) electrons. The van der Waals surface area contributed by atoms with Crippen LogP contribution < -0.4 is 14.8 Å². The van der Waals surface area contributed by atoms with E-state index in [9.17, 15) is 0 Å². The Morgan fingerprint density at radius 2 is 2.05 bits per heavy atom. The van der Waals surface area contributed by atoms with Gasteiger partial charge in [-0.3, -0.25) is 0 Å². The molecular weight excluding hydrogens is 240 g/mol. The molecule has 0 fully saturated rings. The largest absolute Gasteiger partial charge is 0.493 e. The zero-order chi connectivity index (χ0) is 14.3. The highest BCUT2D eigenvalue weighted by molar-refractivity contribution is 5.46. The minimum Gasteiger partial charge on any atom is -0.493 e. The van der Waals surface area contributed by atoms with Crippen molar-refractivity contribution in [3.8, 4) is 11.5 Å². The van der Waals surface area contributed by atoms with E-state index in [1.54, 1.807) is 7.11 Å². The number of methoxy groups -OCH3 is 1. The number of para-hydroxylation sites is 1. The Morgan fingerprint density at radius 1 is 1.32 bits per heavy atom. The molecule has 1 unspecified atom stereocenters. The van der Waals surface area contributed by atoms with Crippen molar-refractivity contribution in [2.75, 3.05) is 34.4 Å². The van der Waals surface area contributed by atoms with Crippen LogP contribution in [0.5, 0.6) is 11.5 Å². The van der Waals surface area contributed by atoms with Gasteiger partial charge in [0.25, 0.3) is 0 Å². The minimum atomic E-state index is 0.501. The third-order valence-electron chi connectivity index (χ3n) is 3.20. The number of benzene rings is 1. The van der Waals surface area contributed by atoms with Gasteiger partial charge < -0.3 is 19.7 Å². The Hall–Kier alpha value is -1.26. The second-order valence-corrected chi connectivity index (χ2v) is 4.83. The van der Waals surface area contributed by atoms with Gasteiger partial charge in [0.05, 0.1) is 13.7 Å². The first kappa shape index (κ1) is 15.8.